The monoisotopic (exact) mass is 316 g/mol. The van der Waals surface area contributed by atoms with Gasteiger partial charge in [-0.1, -0.05) is 18.2 Å². The van der Waals surface area contributed by atoms with Crippen molar-refractivity contribution in [2.45, 2.75) is 11.3 Å². The van der Waals surface area contributed by atoms with Gasteiger partial charge in [-0.05, 0) is 41.5 Å². The molecule has 22 heavy (non-hydrogen) atoms. The molecule has 114 valence electrons. The predicted molar refractivity (Wildman–Crippen MR) is 84.9 cm³/mol. The summed E-state index contributed by atoms with van der Waals surface area (Å²) in [6, 6.07) is 12.1. The average molecular weight is 316 g/mol. The van der Waals surface area contributed by atoms with Crippen LogP contribution in [0.25, 0.3) is 6.08 Å². The van der Waals surface area contributed by atoms with E-state index in [1.54, 1.807) is 50.6 Å². The average Bonchev–Trinajstić information content (AvgIpc) is 2.97. The smallest absolute Gasteiger partial charge is 0.203 e. The number of allylic oxidation sites excluding steroid dienone is 1. The first-order chi connectivity index (χ1) is 10.6. The minimum atomic E-state index is -3.47. The molecule has 0 spiro atoms. The fourth-order valence-corrected chi connectivity index (χ4v) is 4.01. The highest BCUT2D eigenvalue weighted by Crippen LogP contribution is 2.38. The van der Waals surface area contributed by atoms with Crippen LogP contribution in [0.5, 0.6) is 11.5 Å². The van der Waals surface area contributed by atoms with Gasteiger partial charge >= 0.3 is 0 Å². The van der Waals surface area contributed by atoms with Crippen LogP contribution < -0.4 is 9.47 Å². The molecule has 0 unspecified atom stereocenters. The molecule has 0 saturated heterocycles. The van der Waals surface area contributed by atoms with Crippen molar-refractivity contribution >= 4 is 15.9 Å². The van der Waals surface area contributed by atoms with E-state index in [0.29, 0.717) is 27.7 Å². The number of ether oxygens (including phenoxy) is 2. The summed E-state index contributed by atoms with van der Waals surface area (Å²) in [5.41, 5.74) is 1.78. The summed E-state index contributed by atoms with van der Waals surface area (Å²) in [7, 11) is -0.342. The van der Waals surface area contributed by atoms with Gasteiger partial charge in [0, 0.05) is 6.42 Å². The molecule has 1 aliphatic rings. The number of methoxy groups -OCH3 is 2. The van der Waals surface area contributed by atoms with Gasteiger partial charge in [0.15, 0.2) is 11.5 Å². The third-order valence-corrected chi connectivity index (χ3v) is 5.57. The minimum absolute atomic E-state index is 0.313. The third kappa shape index (κ3) is 2.37. The van der Waals surface area contributed by atoms with E-state index in [4.69, 9.17) is 9.47 Å². The molecule has 1 aliphatic carbocycles. The van der Waals surface area contributed by atoms with E-state index < -0.39 is 9.84 Å². The Morgan fingerprint density at radius 1 is 0.955 bits per heavy atom. The number of benzene rings is 2. The van der Waals surface area contributed by atoms with Crippen LogP contribution in [0.2, 0.25) is 0 Å². The Balaban J connectivity index is 2.03. The highest BCUT2D eigenvalue weighted by Gasteiger charge is 2.26. The quantitative estimate of drug-likeness (QED) is 0.870. The Bertz CT molecular complexity index is 836. The zero-order chi connectivity index (χ0) is 15.7. The summed E-state index contributed by atoms with van der Waals surface area (Å²) in [4.78, 5) is 0.706. The maximum absolute atomic E-state index is 12.7. The van der Waals surface area contributed by atoms with Crippen LogP contribution in [-0.2, 0) is 16.3 Å². The van der Waals surface area contributed by atoms with Crippen molar-refractivity contribution in [1.82, 2.24) is 0 Å². The second kappa shape index (κ2) is 5.50. The summed E-state index contributed by atoms with van der Waals surface area (Å²) in [6.45, 7) is 0. The van der Waals surface area contributed by atoms with Crippen LogP contribution in [-0.4, -0.2) is 22.6 Å². The van der Waals surface area contributed by atoms with Gasteiger partial charge < -0.3 is 9.47 Å². The van der Waals surface area contributed by atoms with E-state index in [9.17, 15) is 8.42 Å². The van der Waals surface area contributed by atoms with Crippen molar-refractivity contribution in [2.75, 3.05) is 14.2 Å². The van der Waals surface area contributed by atoms with Crippen molar-refractivity contribution in [3.8, 4) is 11.5 Å². The summed E-state index contributed by atoms with van der Waals surface area (Å²) in [6.07, 6.45) is 2.08. The SMILES string of the molecule is COc1cc2c(cc1OC)CC(S(=O)(=O)c1ccccc1)=C2. The fraction of sp³-hybridized carbons (Fsp3) is 0.176. The largest absolute Gasteiger partial charge is 0.493 e. The Morgan fingerprint density at radius 2 is 1.59 bits per heavy atom. The fourth-order valence-electron chi connectivity index (χ4n) is 2.56. The number of rotatable bonds is 4. The number of fused-ring (bicyclic) bond motifs is 1. The van der Waals surface area contributed by atoms with E-state index in [1.807, 2.05) is 12.1 Å². The van der Waals surface area contributed by atoms with Crippen LogP contribution in [0.3, 0.4) is 0 Å². The van der Waals surface area contributed by atoms with Crippen molar-refractivity contribution in [3.05, 3.63) is 58.5 Å². The molecule has 0 bridgehead atoms. The van der Waals surface area contributed by atoms with E-state index in [2.05, 4.69) is 0 Å². The molecule has 4 nitrogen and oxygen atoms in total. The molecule has 2 aromatic rings. The van der Waals surface area contributed by atoms with Gasteiger partial charge in [0.1, 0.15) is 0 Å². The summed E-state index contributed by atoms with van der Waals surface area (Å²) < 4.78 is 35.9. The summed E-state index contributed by atoms with van der Waals surface area (Å²) in [5.74, 6) is 1.20. The lowest BCUT2D eigenvalue weighted by atomic mass is 10.1. The van der Waals surface area contributed by atoms with Crippen molar-refractivity contribution in [3.63, 3.8) is 0 Å². The van der Waals surface area contributed by atoms with Gasteiger partial charge in [-0.25, -0.2) is 8.42 Å². The lowest BCUT2D eigenvalue weighted by molar-refractivity contribution is 0.354. The van der Waals surface area contributed by atoms with Crippen LogP contribution >= 0.6 is 0 Å². The molecule has 0 heterocycles. The Hall–Kier alpha value is -2.27. The van der Waals surface area contributed by atoms with E-state index in [0.717, 1.165) is 11.1 Å². The first-order valence-corrected chi connectivity index (χ1v) is 8.30. The van der Waals surface area contributed by atoms with Gasteiger partial charge in [0.2, 0.25) is 9.84 Å². The number of hydrogen-bond donors (Lipinski definition) is 0. The molecular weight excluding hydrogens is 300 g/mol. The number of hydrogen-bond acceptors (Lipinski definition) is 4. The first-order valence-electron chi connectivity index (χ1n) is 6.82. The maximum Gasteiger partial charge on any atom is 0.203 e. The lowest BCUT2D eigenvalue weighted by Gasteiger charge is -2.09. The zero-order valence-electron chi connectivity index (χ0n) is 12.4. The van der Waals surface area contributed by atoms with E-state index >= 15 is 0 Å². The Labute approximate surface area is 129 Å². The van der Waals surface area contributed by atoms with Crippen LogP contribution in [0.1, 0.15) is 11.1 Å². The van der Waals surface area contributed by atoms with Crippen LogP contribution in [0.4, 0.5) is 0 Å². The molecule has 0 atom stereocenters. The predicted octanol–water partition coefficient (Wildman–Crippen LogP) is 3.07. The molecule has 2 aromatic carbocycles. The minimum Gasteiger partial charge on any atom is -0.493 e. The molecule has 0 aromatic heterocycles. The topological polar surface area (TPSA) is 52.6 Å². The molecule has 5 heteroatoms. The van der Waals surface area contributed by atoms with Crippen molar-refractivity contribution in [2.24, 2.45) is 0 Å². The molecule has 0 aliphatic heterocycles. The molecule has 0 saturated carbocycles. The van der Waals surface area contributed by atoms with Gasteiger partial charge in [-0.2, -0.15) is 0 Å². The summed E-state index contributed by atoms with van der Waals surface area (Å²) >= 11 is 0. The first kappa shape index (κ1) is 14.7. The molecule has 0 N–H and O–H groups in total. The second-order valence-corrected chi connectivity index (χ2v) is 7.01. The highest BCUT2D eigenvalue weighted by atomic mass is 32.2. The lowest BCUT2D eigenvalue weighted by Crippen LogP contribution is -2.04. The van der Waals surface area contributed by atoms with Gasteiger partial charge in [0.05, 0.1) is 24.0 Å². The highest BCUT2D eigenvalue weighted by molar-refractivity contribution is 7.95. The van der Waals surface area contributed by atoms with Crippen molar-refractivity contribution in [1.29, 1.82) is 0 Å². The molecular formula is C17H16O4S. The van der Waals surface area contributed by atoms with Gasteiger partial charge in [-0.15, -0.1) is 0 Å². The van der Waals surface area contributed by atoms with Gasteiger partial charge in [0.25, 0.3) is 0 Å². The van der Waals surface area contributed by atoms with Crippen LogP contribution in [0.15, 0.2) is 52.3 Å². The number of sulfone groups is 1. The van der Waals surface area contributed by atoms with Crippen molar-refractivity contribution < 1.29 is 17.9 Å². The van der Waals surface area contributed by atoms with Crippen LogP contribution in [0, 0.1) is 0 Å². The maximum atomic E-state index is 12.7. The van der Waals surface area contributed by atoms with Gasteiger partial charge in [-0.3, -0.25) is 0 Å². The molecule has 3 rings (SSSR count). The third-order valence-electron chi connectivity index (χ3n) is 3.73. The summed E-state index contributed by atoms with van der Waals surface area (Å²) in [5, 5.41) is 0. The standard InChI is InChI=1S/C17H16O4S/c1-20-16-10-12-8-15(9-13(12)11-17(16)21-2)22(18,19)14-6-4-3-5-7-14/h3-8,10-11H,9H2,1-2H3. The molecule has 0 radical (unpaired) electrons. The Morgan fingerprint density at radius 3 is 2.23 bits per heavy atom. The Kier molecular flexibility index (Phi) is 3.66. The zero-order valence-corrected chi connectivity index (χ0v) is 13.2. The molecule has 0 amide bonds. The normalized spacial score (nSPS) is 13.5. The molecule has 0 fully saturated rings. The van der Waals surface area contributed by atoms with E-state index in [-0.39, 0.29) is 0 Å². The van der Waals surface area contributed by atoms with E-state index in [1.165, 1.54) is 0 Å². The second-order valence-electron chi connectivity index (χ2n) is 5.01.